The molecule has 1 aromatic rings. The number of amides is 2. The van der Waals surface area contributed by atoms with Crippen LogP contribution in [0, 0.1) is 5.82 Å². The zero-order chi connectivity index (χ0) is 12.3. The van der Waals surface area contributed by atoms with Crippen molar-refractivity contribution in [3.8, 4) is 0 Å². The van der Waals surface area contributed by atoms with Crippen LogP contribution < -0.4 is 0 Å². The minimum absolute atomic E-state index is 0.231. The van der Waals surface area contributed by atoms with E-state index in [-0.39, 0.29) is 19.0 Å². The maximum absolute atomic E-state index is 12.6. The van der Waals surface area contributed by atoms with E-state index in [0.29, 0.717) is 5.56 Å². The van der Waals surface area contributed by atoms with Gasteiger partial charge in [0.15, 0.2) is 0 Å². The Hall–Kier alpha value is -2.17. The Morgan fingerprint density at radius 3 is 2.65 bits per heavy atom. The van der Waals surface area contributed by atoms with Crippen LogP contribution in [0.5, 0.6) is 0 Å². The van der Waals surface area contributed by atoms with Crippen molar-refractivity contribution >= 4 is 18.1 Å². The van der Waals surface area contributed by atoms with Crippen LogP contribution >= 0.6 is 0 Å². The molecule has 1 saturated heterocycles. The Bertz CT molecular complexity index is 467. The van der Waals surface area contributed by atoms with Crippen LogP contribution in [0.3, 0.4) is 0 Å². The predicted molar refractivity (Wildman–Crippen MR) is 58.5 cm³/mol. The fraction of sp³-hybridized carbons (Fsp3) is 0.167. The number of ether oxygens (including phenoxy) is 1. The molecule has 5 heteroatoms. The summed E-state index contributed by atoms with van der Waals surface area (Å²) in [6.45, 7) is 0.500. The number of carbonyl (C=O) groups is 2. The molecule has 0 atom stereocenters. The molecule has 17 heavy (non-hydrogen) atoms. The zero-order valence-corrected chi connectivity index (χ0v) is 8.93. The van der Waals surface area contributed by atoms with E-state index >= 15 is 0 Å². The summed E-state index contributed by atoms with van der Waals surface area (Å²) in [6, 6.07) is 5.69. The van der Waals surface area contributed by atoms with Gasteiger partial charge in [0.1, 0.15) is 12.4 Å². The van der Waals surface area contributed by atoms with E-state index in [1.165, 1.54) is 24.3 Å². The molecular formula is C12H10FNO3. The topological polar surface area (TPSA) is 46.6 Å². The standard InChI is InChI=1S/C12H10FNO3/c13-10-4-1-9(2-5-10)3-6-11(15)14-7-8-17-12(14)16/h1-6H,7-8H2. The van der Waals surface area contributed by atoms with Gasteiger partial charge in [0, 0.05) is 6.08 Å². The van der Waals surface area contributed by atoms with Crippen molar-refractivity contribution in [2.75, 3.05) is 13.2 Å². The second-order valence-electron chi connectivity index (χ2n) is 3.49. The van der Waals surface area contributed by atoms with Gasteiger partial charge in [0.2, 0.25) is 0 Å². The van der Waals surface area contributed by atoms with Crippen LogP contribution in [0.1, 0.15) is 5.56 Å². The van der Waals surface area contributed by atoms with Crippen LogP contribution in [0.4, 0.5) is 9.18 Å². The second kappa shape index (κ2) is 4.78. The lowest BCUT2D eigenvalue weighted by atomic mass is 10.2. The van der Waals surface area contributed by atoms with E-state index in [9.17, 15) is 14.0 Å². The van der Waals surface area contributed by atoms with Gasteiger partial charge in [-0.05, 0) is 23.8 Å². The average Bonchev–Trinajstić information content (AvgIpc) is 2.74. The number of cyclic esters (lactones) is 1. The zero-order valence-electron chi connectivity index (χ0n) is 8.93. The number of halogens is 1. The average molecular weight is 235 g/mol. The van der Waals surface area contributed by atoms with Crippen LogP contribution in [-0.2, 0) is 9.53 Å². The Morgan fingerprint density at radius 1 is 1.35 bits per heavy atom. The van der Waals surface area contributed by atoms with Crippen molar-refractivity contribution in [3.05, 3.63) is 41.7 Å². The van der Waals surface area contributed by atoms with Crippen molar-refractivity contribution in [3.63, 3.8) is 0 Å². The molecule has 1 heterocycles. The van der Waals surface area contributed by atoms with Crippen molar-refractivity contribution in [2.24, 2.45) is 0 Å². The molecule has 0 saturated carbocycles. The lowest BCUT2D eigenvalue weighted by Gasteiger charge is -2.06. The largest absolute Gasteiger partial charge is 0.447 e. The third-order valence-electron chi connectivity index (χ3n) is 2.32. The molecule has 1 fully saturated rings. The summed E-state index contributed by atoms with van der Waals surface area (Å²) in [5.41, 5.74) is 0.687. The van der Waals surface area contributed by atoms with Gasteiger partial charge in [-0.3, -0.25) is 4.79 Å². The van der Waals surface area contributed by atoms with Gasteiger partial charge in [-0.2, -0.15) is 0 Å². The highest BCUT2D eigenvalue weighted by Gasteiger charge is 2.26. The maximum Gasteiger partial charge on any atom is 0.416 e. The molecular weight excluding hydrogens is 225 g/mol. The second-order valence-corrected chi connectivity index (χ2v) is 3.49. The maximum atomic E-state index is 12.6. The smallest absolute Gasteiger partial charge is 0.416 e. The van der Waals surface area contributed by atoms with E-state index in [4.69, 9.17) is 0 Å². The van der Waals surface area contributed by atoms with Crippen molar-refractivity contribution < 1.29 is 18.7 Å². The van der Waals surface area contributed by atoms with Gasteiger partial charge in [0.05, 0.1) is 6.54 Å². The highest BCUT2D eigenvalue weighted by molar-refractivity contribution is 6.01. The van der Waals surface area contributed by atoms with Crippen LogP contribution in [0.2, 0.25) is 0 Å². The summed E-state index contributed by atoms with van der Waals surface area (Å²) in [6.07, 6.45) is 2.16. The molecule has 2 amide bonds. The summed E-state index contributed by atoms with van der Waals surface area (Å²) in [4.78, 5) is 23.6. The molecule has 1 aromatic carbocycles. The van der Waals surface area contributed by atoms with E-state index in [1.807, 2.05) is 0 Å². The normalized spacial score (nSPS) is 15.4. The lowest BCUT2D eigenvalue weighted by molar-refractivity contribution is -0.122. The molecule has 0 N–H and O–H groups in total. The first-order valence-electron chi connectivity index (χ1n) is 5.09. The Balaban J connectivity index is 2.03. The molecule has 0 spiro atoms. The first-order chi connectivity index (χ1) is 8.16. The number of hydrogen-bond acceptors (Lipinski definition) is 3. The van der Waals surface area contributed by atoms with Gasteiger partial charge >= 0.3 is 6.09 Å². The number of carbonyl (C=O) groups excluding carboxylic acids is 2. The summed E-state index contributed by atoms with van der Waals surface area (Å²) in [5, 5.41) is 0. The molecule has 0 bridgehead atoms. The Kier molecular flexibility index (Phi) is 3.18. The lowest BCUT2D eigenvalue weighted by Crippen LogP contribution is -2.29. The minimum atomic E-state index is -0.626. The molecule has 0 radical (unpaired) electrons. The van der Waals surface area contributed by atoms with E-state index in [2.05, 4.69) is 4.74 Å². The van der Waals surface area contributed by atoms with E-state index in [1.54, 1.807) is 12.1 Å². The fourth-order valence-corrected chi connectivity index (χ4v) is 1.42. The first-order valence-corrected chi connectivity index (χ1v) is 5.09. The summed E-state index contributed by atoms with van der Waals surface area (Å²) in [5.74, 6) is -0.770. The number of imide groups is 1. The SMILES string of the molecule is O=C(C=Cc1ccc(F)cc1)N1CCOC1=O. The van der Waals surface area contributed by atoms with Gasteiger partial charge in [-0.15, -0.1) is 0 Å². The Labute approximate surface area is 97.3 Å². The Morgan fingerprint density at radius 2 is 2.06 bits per heavy atom. The van der Waals surface area contributed by atoms with E-state index < -0.39 is 12.0 Å². The van der Waals surface area contributed by atoms with Crippen molar-refractivity contribution in [1.29, 1.82) is 0 Å². The van der Waals surface area contributed by atoms with Gasteiger partial charge in [0.25, 0.3) is 5.91 Å². The number of hydrogen-bond donors (Lipinski definition) is 0. The quantitative estimate of drug-likeness (QED) is 0.734. The fourth-order valence-electron chi connectivity index (χ4n) is 1.42. The number of rotatable bonds is 2. The van der Waals surface area contributed by atoms with Crippen molar-refractivity contribution in [2.45, 2.75) is 0 Å². The monoisotopic (exact) mass is 235 g/mol. The molecule has 4 nitrogen and oxygen atoms in total. The molecule has 88 valence electrons. The summed E-state index contributed by atoms with van der Waals surface area (Å²) >= 11 is 0. The highest BCUT2D eigenvalue weighted by Crippen LogP contribution is 2.07. The van der Waals surface area contributed by atoms with Gasteiger partial charge in [-0.25, -0.2) is 14.1 Å². The minimum Gasteiger partial charge on any atom is -0.447 e. The molecule has 2 rings (SSSR count). The van der Waals surface area contributed by atoms with Crippen LogP contribution in [-0.4, -0.2) is 30.1 Å². The van der Waals surface area contributed by atoms with Crippen molar-refractivity contribution in [1.82, 2.24) is 4.90 Å². The van der Waals surface area contributed by atoms with Crippen LogP contribution in [0.25, 0.3) is 6.08 Å². The third kappa shape index (κ3) is 2.69. The van der Waals surface area contributed by atoms with Gasteiger partial charge in [-0.1, -0.05) is 12.1 Å². The molecule has 0 aliphatic carbocycles. The summed E-state index contributed by atoms with van der Waals surface area (Å²) in [7, 11) is 0. The highest BCUT2D eigenvalue weighted by atomic mass is 19.1. The molecule has 1 aliphatic rings. The van der Waals surface area contributed by atoms with E-state index in [0.717, 1.165) is 4.90 Å². The molecule has 0 aromatic heterocycles. The van der Waals surface area contributed by atoms with Gasteiger partial charge < -0.3 is 4.74 Å². The molecule has 1 aliphatic heterocycles. The summed E-state index contributed by atoms with van der Waals surface area (Å²) < 4.78 is 17.3. The van der Waals surface area contributed by atoms with Crippen LogP contribution in [0.15, 0.2) is 30.3 Å². The number of benzene rings is 1. The predicted octanol–water partition coefficient (Wildman–Crippen LogP) is 1.82. The number of nitrogens with zero attached hydrogens (tertiary/aromatic N) is 1. The molecule has 0 unspecified atom stereocenters. The third-order valence-corrected chi connectivity index (χ3v) is 2.32. The first kappa shape index (κ1) is 11.3.